The van der Waals surface area contributed by atoms with E-state index in [1.165, 1.54) is 16.7 Å². The Kier molecular flexibility index (Phi) is 5.48. The number of carbonyl (C=O) groups excluding carboxylic acids is 1. The summed E-state index contributed by atoms with van der Waals surface area (Å²) in [5.74, 6) is 1.18. The highest BCUT2D eigenvalue weighted by Crippen LogP contribution is 2.26. The van der Waals surface area contributed by atoms with Crippen LogP contribution in [0.5, 0.6) is 0 Å². The molecule has 0 radical (unpaired) electrons. The van der Waals surface area contributed by atoms with E-state index >= 15 is 0 Å². The third-order valence-corrected chi connectivity index (χ3v) is 5.16. The number of benzene rings is 1. The molecule has 0 aliphatic carbocycles. The van der Waals surface area contributed by atoms with Crippen LogP contribution in [0.1, 0.15) is 67.6 Å². The Morgan fingerprint density at radius 1 is 1.11 bits per heavy atom. The van der Waals surface area contributed by atoms with E-state index in [2.05, 4.69) is 45.9 Å². The fourth-order valence-electron chi connectivity index (χ4n) is 3.60. The summed E-state index contributed by atoms with van der Waals surface area (Å²) in [6.07, 6.45) is 0.795. The molecule has 1 aliphatic heterocycles. The number of hydrogen-bond donors (Lipinski definition) is 0. The predicted molar refractivity (Wildman–Crippen MR) is 107 cm³/mol. The third-order valence-electron chi connectivity index (χ3n) is 5.16. The quantitative estimate of drug-likeness (QED) is 0.786. The second-order valence-corrected chi connectivity index (χ2v) is 8.80. The summed E-state index contributed by atoms with van der Waals surface area (Å²) in [5.41, 5.74) is 3.89. The topological polar surface area (TPSA) is 42.7 Å². The maximum atomic E-state index is 12.8. The van der Waals surface area contributed by atoms with Gasteiger partial charge in [0.05, 0.1) is 12.2 Å². The predicted octanol–water partition coefficient (Wildman–Crippen LogP) is 4.73. The number of morpholine rings is 1. The first kappa shape index (κ1) is 19.7. The lowest BCUT2D eigenvalue weighted by Crippen LogP contribution is -2.48. The molecule has 1 aliphatic rings. The number of rotatable bonds is 3. The molecule has 1 saturated heterocycles. The lowest BCUT2D eigenvalue weighted by atomic mass is 9.85. The number of amides is 1. The minimum absolute atomic E-state index is 0.0509. The molecule has 4 nitrogen and oxygen atoms in total. The van der Waals surface area contributed by atoms with Crippen molar-refractivity contribution in [1.29, 1.82) is 0 Å². The highest BCUT2D eigenvalue weighted by molar-refractivity contribution is 5.91. The van der Waals surface area contributed by atoms with E-state index in [1.54, 1.807) is 6.07 Å². The average molecular weight is 370 g/mol. The van der Waals surface area contributed by atoms with Gasteiger partial charge in [-0.2, -0.15) is 0 Å². The Morgan fingerprint density at radius 2 is 1.78 bits per heavy atom. The molecule has 1 aromatic heterocycles. The van der Waals surface area contributed by atoms with E-state index < -0.39 is 0 Å². The minimum atomic E-state index is -0.0524. The molecule has 0 N–H and O–H groups in total. The first-order valence-electron chi connectivity index (χ1n) is 9.77. The van der Waals surface area contributed by atoms with Crippen molar-refractivity contribution < 1.29 is 13.9 Å². The fraction of sp³-hybridized carbons (Fsp3) is 0.522. The molecule has 2 aromatic rings. The van der Waals surface area contributed by atoms with Crippen LogP contribution in [0.4, 0.5) is 0 Å². The maximum Gasteiger partial charge on any atom is 0.289 e. The van der Waals surface area contributed by atoms with Crippen molar-refractivity contribution in [3.63, 3.8) is 0 Å². The molecular formula is C23H31NO3. The van der Waals surface area contributed by atoms with Crippen LogP contribution in [-0.4, -0.2) is 36.1 Å². The first-order valence-corrected chi connectivity index (χ1v) is 9.77. The number of hydrogen-bond acceptors (Lipinski definition) is 3. The van der Waals surface area contributed by atoms with Crippen molar-refractivity contribution >= 4 is 5.91 Å². The molecule has 2 heterocycles. The molecule has 0 spiro atoms. The number of furan rings is 1. The highest BCUT2D eigenvalue weighted by Gasteiger charge is 2.28. The van der Waals surface area contributed by atoms with Crippen LogP contribution in [0.15, 0.2) is 34.7 Å². The first-order chi connectivity index (χ1) is 12.6. The van der Waals surface area contributed by atoms with Crippen LogP contribution in [-0.2, 0) is 16.6 Å². The van der Waals surface area contributed by atoms with Crippen LogP contribution in [0, 0.1) is 6.92 Å². The lowest BCUT2D eigenvalue weighted by molar-refractivity contribution is -0.0592. The SMILES string of the molecule is Cc1ccc(C(C)(C)C)cc1Cc1ccc(C(=O)N2CC(C)OC(C)C2)o1. The third kappa shape index (κ3) is 4.62. The van der Waals surface area contributed by atoms with Crippen LogP contribution < -0.4 is 0 Å². The van der Waals surface area contributed by atoms with Gasteiger partial charge in [0.2, 0.25) is 0 Å². The molecule has 27 heavy (non-hydrogen) atoms. The fourth-order valence-corrected chi connectivity index (χ4v) is 3.60. The average Bonchev–Trinajstić information content (AvgIpc) is 3.02. The lowest BCUT2D eigenvalue weighted by Gasteiger charge is -2.34. The van der Waals surface area contributed by atoms with Gasteiger partial charge in [-0.05, 0) is 55.0 Å². The largest absolute Gasteiger partial charge is 0.456 e. The maximum absolute atomic E-state index is 12.8. The Morgan fingerprint density at radius 3 is 2.41 bits per heavy atom. The molecule has 3 rings (SSSR count). The summed E-state index contributed by atoms with van der Waals surface area (Å²) in [6.45, 7) is 14.0. The van der Waals surface area contributed by atoms with Crippen LogP contribution >= 0.6 is 0 Å². The molecule has 1 fully saturated rings. The second kappa shape index (κ2) is 7.51. The van der Waals surface area contributed by atoms with E-state index in [0.29, 0.717) is 25.3 Å². The van der Waals surface area contributed by atoms with Gasteiger partial charge in [0.15, 0.2) is 5.76 Å². The molecule has 146 valence electrons. The zero-order valence-corrected chi connectivity index (χ0v) is 17.3. The number of aryl methyl sites for hydroxylation is 1. The second-order valence-electron chi connectivity index (χ2n) is 8.80. The smallest absolute Gasteiger partial charge is 0.289 e. The Balaban J connectivity index is 1.76. The van der Waals surface area contributed by atoms with Crippen molar-refractivity contribution in [2.24, 2.45) is 0 Å². The monoisotopic (exact) mass is 369 g/mol. The van der Waals surface area contributed by atoms with E-state index in [0.717, 1.165) is 5.76 Å². The van der Waals surface area contributed by atoms with Gasteiger partial charge in [-0.25, -0.2) is 0 Å². The van der Waals surface area contributed by atoms with Gasteiger partial charge in [-0.1, -0.05) is 39.0 Å². The van der Waals surface area contributed by atoms with Gasteiger partial charge in [0, 0.05) is 19.5 Å². The molecule has 0 bridgehead atoms. The van der Waals surface area contributed by atoms with Crippen molar-refractivity contribution in [2.75, 3.05) is 13.1 Å². The summed E-state index contributed by atoms with van der Waals surface area (Å²) in [6, 6.07) is 10.3. The Bertz CT molecular complexity index is 805. The van der Waals surface area contributed by atoms with E-state index in [-0.39, 0.29) is 23.5 Å². The molecule has 1 aromatic carbocycles. The van der Waals surface area contributed by atoms with E-state index in [1.807, 2.05) is 24.8 Å². The zero-order chi connectivity index (χ0) is 19.8. The molecular weight excluding hydrogens is 338 g/mol. The van der Waals surface area contributed by atoms with Crippen LogP contribution in [0.25, 0.3) is 0 Å². The summed E-state index contributed by atoms with van der Waals surface area (Å²) in [4.78, 5) is 14.6. The summed E-state index contributed by atoms with van der Waals surface area (Å²) in [7, 11) is 0. The normalized spacial score (nSPS) is 20.7. The molecule has 2 unspecified atom stereocenters. The zero-order valence-electron chi connectivity index (χ0n) is 17.3. The van der Waals surface area contributed by atoms with E-state index in [9.17, 15) is 4.79 Å². The summed E-state index contributed by atoms with van der Waals surface area (Å²) < 4.78 is 11.6. The van der Waals surface area contributed by atoms with Gasteiger partial charge >= 0.3 is 0 Å². The number of ether oxygens (including phenoxy) is 1. The van der Waals surface area contributed by atoms with Crippen molar-refractivity contribution in [1.82, 2.24) is 4.90 Å². The molecule has 4 heteroatoms. The number of nitrogens with zero attached hydrogens (tertiary/aromatic N) is 1. The van der Waals surface area contributed by atoms with Crippen molar-refractivity contribution in [3.8, 4) is 0 Å². The van der Waals surface area contributed by atoms with Crippen LogP contribution in [0.3, 0.4) is 0 Å². The molecule has 1 amide bonds. The van der Waals surface area contributed by atoms with Crippen molar-refractivity contribution in [3.05, 3.63) is 58.5 Å². The van der Waals surface area contributed by atoms with Crippen molar-refractivity contribution in [2.45, 2.75) is 65.6 Å². The van der Waals surface area contributed by atoms with Gasteiger partial charge in [0.1, 0.15) is 5.76 Å². The van der Waals surface area contributed by atoms with Gasteiger partial charge in [-0.3, -0.25) is 4.79 Å². The van der Waals surface area contributed by atoms with Gasteiger partial charge in [0.25, 0.3) is 5.91 Å². The standard InChI is InChI=1S/C23H31NO3/c1-15-7-8-19(23(4,5)6)11-18(15)12-20-9-10-21(27-20)22(25)24-13-16(2)26-17(3)14-24/h7-11,16-17H,12-14H2,1-6H3. The summed E-state index contributed by atoms with van der Waals surface area (Å²) >= 11 is 0. The summed E-state index contributed by atoms with van der Waals surface area (Å²) in [5, 5.41) is 0. The van der Waals surface area contributed by atoms with Crippen LogP contribution in [0.2, 0.25) is 0 Å². The molecule has 2 atom stereocenters. The minimum Gasteiger partial charge on any atom is -0.456 e. The number of carbonyl (C=O) groups is 1. The highest BCUT2D eigenvalue weighted by atomic mass is 16.5. The van der Waals surface area contributed by atoms with E-state index in [4.69, 9.17) is 9.15 Å². The van der Waals surface area contributed by atoms with Gasteiger partial charge in [-0.15, -0.1) is 0 Å². The molecule has 0 saturated carbocycles. The Hall–Kier alpha value is -2.07. The Labute approximate surface area is 162 Å². The van der Waals surface area contributed by atoms with Gasteiger partial charge < -0.3 is 14.1 Å².